The van der Waals surface area contributed by atoms with Crippen molar-refractivity contribution in [3.63, 3.8) is 0 Å². The molecule has 4 nitrogen and oxygen atoms in total. The highest BCUT2D eigenvalue weighted by Gasteiger charge is 2.24. The highest BCUT2D eigenvalue weighted by Crippen LogP contribution is 2.24. The van der Waals surface area contributed by atoms with Crippen molar-refractivity contribution in [3.8, 4) is 0 Å². The van der Waals surface area contributed by atoms with Crippen molar-refractivity contribution in [1.82, 2.24) is 0 Å². The molecule has 1 atom stereocenters. The number of carbonyl (C=O) groups excluding carboxylic acids is 1. The van der Waals surface area contributed by atoms with Gasteiger partial charge in [0.05, 0.1) is 11.1 Å². The van der Waals surface area contributed by atoms with Gasteiger partial charge in [0, 0.05) is 5.02 Å². The van der Waals surface area contributed by atoms with Gasteiger partial charge >= 0.3 is 11.9 Å². The summed E-state index contributed by atoms with van der Waals surface area (Å²) in [6.45, 7) is 7.73. The minimum absolute atomic E-state index is 0.00486. The van der Waals surface area contributed by atoms with Crippen LogP contribution in [-0.4, -0.2) is 23.1 Å². The van der Waals surface area contributed by atoms with E-state index >= 15 is 0 Å². The largest absolute Gasteiger partial charge is 0.478 e. The van der Waals surface area contributed by atoms with Gasteiger partial charge < -0.3 is 9.84 Å². The van der Waals surface area contributed by atoms with Crippen LogP contribution < -0.4 is 0 Å². The maximum absolute atomic E-state index is 12.4. The van der Waals surface area contributed by atoms with Crippen LogP contribution in [0.5, 0.6) is 0 Å². The molecule has 0 saturated carbocycles. The number of aryl methyl sites for hydroxylation is 1. The van der Waals surface area contributed by atoms with E-state index in [4.69, 9.17) is 16.3 Å². The molecule has 0 spiro atoms. The maximum atomic E-state index is 12.4. The van der Waals surface area contributed by atoms with Gasteiger partial charge in [-0.25, -0.2) is 9.59 Å². The molecule has 1 aromatic carbocycles. The molecule has 0 amide bonds. The van der Waals surface area contributed by atoms with Crippen LogP contribution in [0.1, 0.15) is 66.3 Å². The van der Waals surface area contributed by atoms with Gasteiger partial charge in [-0.2, -0.15) is 0 Å². The Morgan fingerprint density at radius 2 is 1.91 bits per heavy atom. The molecule has 5 heteroatoms. The van der Waals surface area contributed by atoms with E-state index in [2.05, 4.69) is 6.92 Å². The van der Waals surface area contributed by atoms with Crippen LogP contribution in [-0.2, 0) is 4.74 Å². The number of carboxylic acids is 1. The second kappa shape index (κ2) is 8.18. The summed E-state index contributed by atoms with van der Waals surface area (Å²) in [6.07, 6.45) is 2.50. The summed E-state index contributed by atoms with van der Waals surface area (Å²) in [7, 11) is 0. The van der Waals surface area contributed by atoms with Crippen molar-refractivity contribution in [2.24, 2.45) is 5.92 Å². The van der Waals surface area contributed by atoms with E-state index in [0.29, 0.717) is 10.6 Å². The average molecular weight is 327 g/mol. The molecule has 0 aromatic heterocycles. The fourth-order valence-corrected chi connectivity index (χ4v) is 2.33. The molecule has 1 N–H and O–H groups in total. The van der Waals surface area contributed by atoms with Crippen molar-refractivity contribution in [1.29, 1.82) is 0 Å². The van der Waals surface area contributed by atoms with E-state index in [0.717, 1.165) is 19.3 Å². The molecule has 1 rings (SSSR count). The Hall–Kier alpha value is -1.55. The summed E-state index contributed by atoms with van der Waals surface area (Å²) in [6, 6.07) is 2.78. The Kier molecular flexibility index (Phi) is 6.88. The first-order chi connectivity index (χ1) is 10.3. The molecule has 0 bridgehead atoms. The molecule has 0 heterocycles. The lowest BCUT2D eigenvalue weighted by Gasteiger charge is -2.22. The Morgan fingerprint density at radius 3 is 2.41 bits per heavy atom. The molecule has 0 saturated heterocycles. The number of carbonyl (C=O) groups is 2. The van der Waals surface area contributed by atoms with Gasteiger partial charge in [-0.05, 0) is 37.0 Å². The van der Waals surface area contributed by atoms with Gasteiger partial charge in [0.1, 0.15) is 6.10 Å². The highest BCUT2D eigenvalue weighted by atomic mass is 35.5. The fraction of sp³-hybridized carbons (Fsp3) is 0.529. The normalized spacial score (nSPS) is 12.3. The van der Waals surface area contributed by atoms with Crippen LogP contribution in [0.25, 0.3) is 0 Å². The van der Waals surface area contributed by atoms with Gasteiger partial charge in [-0.3, -0.25) is 0 Å². The minimum atomic E-state index is -1.17. The van der Waals surface area contributed by atoms with Gasteiger partial charge in [-0.15, -0.1) is 0 Å². The van der Waals surface area contributed by atoms with Crippen LogP contribution in [0.2, 0.25) is 5.02 Å². The zero-order valence-electron chi connectivity index (χ0n) is 13.5. The summed E-state index contributed by atoms with van der Waals surface area (Å²) in [5, 5.41) is 9.62. The second-order valence-electron chi connectivity index (χ2n) is 5.78. The number of hydrogen-bond donors (Lipinski definition) is 1. The third-order valence-corrected chi connectivity index (χ3v) is 4.00. The summed E-state index contributed by atoms with van der Waals surface area (Å²) < 4.78 is 5.52. The van der Waals surface area contributed by atoms with Gasteiger partial charge in [0.25, 0.3) is 0 Å². The van der Waals surface area contributed by atoms with E-state index in [1.54, 1.807) is 6.92 Å². The Morgan fingerprint density at radius 1 is 1.27 bits per heavy atom. The molecule has 0 fully saturated rings. The monoisotopic (exact) mass is 326 g/mol. The third-order valence-electron chi connectivity index (χ3n) is 3.59. The first-order valence-electron chi connectivity index (χ1n) is 7.52. The van der Waals surface area contributed by atoms with Crippen molar-refractivity contribution in [2.45, 2.75) is 53.1 Å². The van der Waals surface area contributed by atoms with Crippen LogP contribution in [0, 0.1) is 12.8 Å². The van der Waals surface area contributed by atoms with Crippen molar-refractivity contribution in [3.05, 3.63) is 33.8 Å². The minimum Gasteiger partial charge on any atom is -0.478 e. The summed E-state index contributed by atoms with van der Waals surface area (Å²) >= 11 is 6.02. The third kappa shape index (κ3) is 4.73. The maximum Gasteiger partial charge on any atom is 0.339 e. The number of aromatic carboxylic acids is 1. The SMILES string of the molecule is CCCCC(OC(=O)c1cc(Cl)c(C)cc1C(=O)O)C(C)C. The van der Waals surface area contributed by atoms with E-state index in [9.17, 15) is 14.7 Å². The Balaban J connectivity index is 3.06. The summed E-state index contributed by atoms with van der Waals surface area (Å²) in [5.74, 6) is -1.62. The standard InChI is InChI=1S/C17H23ClO4/c1-5-6-7-15(10(2)3)22-17(21)13-9-14(18)11(4)8-12(13)16(19)20/h8-10,15H,5-7H2,1-4H3,(H,19,20). The predicted octanol–water partition coefficient (Wildman–Crippen LogP) is 4.72. The first-order valence-corrected chi connectivity index (χ1v) is 7.90. The number of carboxylic acid groups (broad SMARTS) is 1. The molecule has 0 aliphatic rings. The van der Waals surface area contributed by atoms with E-state index < -0.39 is 11.9 Å². The quantitative estimate of drug-likeness (QED) is 0.736. The molecule has 22 heavy (non-hydrogen) atoms. The molecule has 1 unspecified atom stereocenters. The van der Waals surface area contributed by atoms with Crippen molar-refractivity contribution >= 4 is 23.5 Å². The number of esters is 1. The second-order valence-corrected chi connectivity index (χ2v) is 6.19. The zero-order chi connectivity index (χ0) is 16.9. The molecule has 122 valence electrons. The van der Waals surface area contributed by atoms with E-state index in [-0.39, 0.29) is 23.1 Å². The number of halogens is 1. The molecular formula is C17H23ClO4. The molecule has 0 aliphatic carbocycles. The number of unbranched alkanes of at least 4 members (excludes halogenated alkanes) is 1. The van der Waals surface area contributed by atoms with Crippen molar-refractivity contribution < 1.29 is 19.4 Å². The van der Waals surface area contributed by atoms with Gasteiger partial charge in [0.2, 0.25) is 0 Å². The van der Waals surface area contributed by atoms with Crippen LogP contribution >= 0.6 is 11.6 Å². The van der Waals surface area contributed by atoms with E-state index in [1.807, 2.05) is 13.8 Å². The lowest BCUT2D eigenvalue weighted by molar-refractivity contribution is 0.0149. The number of ether oxygens (including phenoxy) is 1. The summed E-state index contributed by atoms with van der Waals surface area (Å²) in [4.78, 5) is 23.7. The highest BCUT2D eigenvalue weighted by molar-refractivity contribution is 6.32. The fourth-order valence-electron chi connectivity index (χ4n) is 2.16. The number of benzene rings is 1. The van der Waals surface area contributed by atoms with Gasteiger partial charge in [-0.1, -0.05) is 45.2 Å². The predicted molar refractivity (Wildman–Crippen MR) is 86.7 cm³/mol. The zero-order valence-corrected chi connectivity index (χ0v) is 14.2. The van der Waals surface area contributed by atoms with E-state index in [1.165, 1.54) is 12.1 Å². The number of hydrogen-bond acceptors (Lipinski definition) is 3. The van der Waals surface area contributed by atoms with Crippen LogP contribution in [0.15, 0.2) is 12.1 Å². The van der Waals surface area contributed by atoms with Gasteiger partial charge in [0.15, 0.2) is 0 Å². The first kappa shape index (κ1) is 18.5. The Labute approximate surface area is 136 Å². The average Bonchev–Trinajstić information content (AvgIpc) is 2.44. The summed E-state index contributed by atoms with van der Waals surface area (Å²) in [5.41, 5.74) is 0.539. The lowest BCUT2D eigenvalue weighted by atomic mass is 10.0. The van der Waals surface area contributed by atoms with Crippen LogP contribution in [0.3, 0.4) is 0 Å². The van der Waals surface area contributed by atoms with Crippen molar-refractivity contribution in [2.75, 3.05) is 0 Å². The molecule has 0 radical (unpaired) electrons. The smallest absolute Gasteiger partial charge is 0.339 e. The van der Waals surface area contributed by atoms with Crippen LogP contribution in [0.4, 0.5) is 0 Å². The lowest BCUT2D eigenvalue weighted by Crippen LogP contribution is -2.25. The molecule has 1 aromatic rings. The number of rotatable bonds is 7. The molecule has 0 aliphatic heterocycles. The Bertz CT molecular complexity index is 552. The molecular weight excluding hydrogens is 304 g/mol. The topological polar surface area (TPSA) is 63.6 Å².